The molecule has 0 bridgehead atoms. The third-order valence-electron chi connectivity index (χ3n) is 3.42. The van der Waals surface area contributed by atoms with Gasteiger partial charge in [0.15, 0.2) is 0 Å². The molecule has 0 radical (unpaired) electrons. The average molecular weight is 250 g/mol. The van der Waals surface area contributed by atoms with E-state index in [1.165, 1.54) is 12.1 Å². The van der Waals surface area contributed by atoms with Crippen molar-refractivity contribution in [1.82, 2.24) is 5.32 Å². The van der Waals surface area contributed by atoms with Crippen molar-refractivity contribution in [2.45, 2.75) is 26.0 Å². The Bertz CT molecular complexity index is 405. The highest BCUT2D eigenvalue weighted by atomic mass is 16.6. The van der Waals surface area contributed by atoms with Crippen molar-refractivity contribution in [2.24, 2.45) is 5.92 Å². The van der Waals surface area contributed by atoms with Crippen molar-refractivity contribution in [1.29, 1.82) is 0 Å². The summed E-state index contributed by atoms with van der Waals surface area (Å²) in [7, 11) is 0. The molecule has 1 aliphatic rings. The lowest BCUT2D eigenvalue weighted by Gasteiger charge is -2.14. The Morgan fingerprint density at radius 2 is 2.17 bits per heavy atom. The Morgan fingerprint density at radius 3 is 2.72 bits per heavy atom. The fraction of sp³-hybridized carbons (Fsp3) is 0.538. The fourth-order valence-electron chi connectivity index (χ4n) is 2.18. The molecule has 1 fully saturated rings. The lowest BCUT2D eigenvalue weighted by molar-refractivity contribution is -0.384. The van der Waals surface area contributed by atoms with Gasteiger partial charge in [-0.1, -0.05) is 12.1 Å². The second kappa shape index (κ2) is 5.93. The number of ether oxygens (including phenoxy) is 1. The first kappa shape index (κ1) is 13.0. The summed E-state index contributed by atoms with van der Waals surface area (Å²) < 4.78 is 5.50. The van der Waals surface area contributed by atoms with Gasteiger partial charge in [0.1, 0.15) is 0 Å². The van der Waals surface area contributed by atoms with Gasteiger partial charge in [0.05, 0.1) is 11.0 Å². The van der Waals surface area contributed by atoms with Crippen molar-refractivity contribution in [3.05, 3.63) is 39.9 Å². The zero-order valence-electron chi connectivity index (χ0n) is 10.5. The summed E-state index contributed by atoms with van der Waals surface area (Å²) in [5.41, 5.74) is 1.20. The Morgan fingerprint density at radius 1 is 1.44 bits per heavy atom. The van der Waals surface area contributed by atoms with Crippen LogP contribution in [0.2, 0.25) is 0 Å². The first-order chi connectivity index (χ1) is 8.66. The minimum Gasteiger partial charge on any atom is -0.378 e. The summed E-state index contributed by atoms with van der Waals surface area (Å²) in [5, 5.41) is 13.9. The molecule has 1 aromatic rings. The fourth-order valence-corrected chi connectivity index (χ4v) is 2.18. The average Bonchev–Trinajstić information content (AvgIpc) is 2.76. The predicted octanol–water partition coefficient (Wildman–Crippen LogP) is 2.11. The van der Waals surface area contributed by atoms with Gasteiger partial charge in [-0.25, -0.2) is 0 Å². The Kier molecular flexibility index (Phi) is 4.28. The molecular formula is C13H18N2O3. The summed E-state index contributed by atoms with van der Waals surface area (Å²) in [4.78, 5) is 10.1. The number of hydrogen-bond donors (Lipinski definition) is 1. The highest BCUT2D eigenvalue weighted by molar-refractivity contribution is 5.32. The highest BCUT2D eigenvalue weighted by Crippen LogP contribution is 2.19. The van der Waals surface area contributed by atoms with Gasteiger partial charge >= 0.3 is 0 Å². The molecule has 0 spiro atoms. The van der Waals surface area contributed by atoms with E-state index in [4.69, 9.17) is 4.74 Å². The van der Waals surface area contributed by atoms with E-state index in [1.807, 2.05) is 0 Å². The van der Waals surface area contributed by atoms with E-state index in [2.05, 4.69) is 12.2 Å². The molecule has 0 aromatic heterocycles. The maximum atomic E-state index is 10.5. The second-order valence-corrected chi connectivity index (χ2v) is 4.68. The standard InChI is InChI=1S/C13H18N2O3/c1-10-12(6-7-18-10)9-14-8-11-2-4-13(5-3-11)15(16)17/h2-5,10,12,14H,6-9H2,1H3. The van der Waals surface area contributed by atoms with E-state index in [0.717, 1.165) is 31.7 Å². The Balaban J connectivity index is 1.78. The van der Waals surface area contributed by atoms with Gasteiger partial charge in [-0.05, 0) is 24.8 Å². The SMILES string of the molecule is CC1OCCC1CNCc1ccc([N+](=O)[O-])cc1. The highest BCUT2D eigenvalue weighted by Gasteiger charge is 2.23. The van der Waals surface area contributed by atoms with Crippen LogP contribution in [0.3, 0.4) is 0 Å². The zero-order chi connectivity index (χ0) is 13.0. The van der Waals surface area contributed by atoms with Crippen LogP contribution in [0.25, 0.3) is 0 Å². The van der Waals surface area contributed by atoms with Crippen molar-refractivity contribution in [2.75, 3.05) is 13.2 Å². The van der Waals surface area contributed by atoms with E-state index in [0.29, 0.717) is 12.0 Å². The van der Waals surface area contributed by atoms with Gasteiger partial charge in [0, 0.05) is 31.8 Å². The Hall–Kier alpha value is -1.46. The normalized spacial score (nSPS) is 23.2. The van der Waals surface area contributed by atoms with Gasteiger partial charge in [-0.15, -0.1) is 0 Å². The minimum absolute atomic E-state index is 0.136. The largest absolute Gasteiger partial charge is 0.378 e. The first-order valence-corrected chi connectivity index (χ1v) is 6.22. The molecule has 0 aliphatic carbocycles. The molecule has 2 atom stereocenters. The van der Waals surface area contributed by atoms with Gasteiger partial charge < -0.3 is 10.1 Å². The number of nitro groups is 1. The molecule has 18 heavy (non-hydrogen) atoms. The molecule has 1 saturated heterocycles. The van der Waals surface area contributed by atoms with Gasteiger partial charge in [0.25, 0.3) is 5.69 Å². The van der Waals surface area contributed by atoms with Crippen molar-refractivity contribution < 1.29 is 9.66 Å². The number of benzene rings is 1. The maximum absolute atomic E-state index is 10.5. The number of rotatable bonds is 5. The van der Waals surface area contributed by atoms with Crippen LogP contribution in [0.4, 0.5) is 5.69 Å². The first-order valence-electron chi connectivity index (χ1n) is 6.22. The summed E-state index contributed by atoms with van der Waals surface area (Å²) in [6, 6.07) is 6.66. The molecular weight excluding hydrogens is 232 g/mol. The molecule has 2 unspecified atom stereocenters. The summed E-state index contributed by atoms with van der Waals surface area (Å²) >= 11 is 0. The van der Waals surface area contributed by atoms with Crippen LogP contribution >= 0.6 is 0 Å². The third-order valence-corrected chi connectivity index (χ3v) is 3.42. The van der Waals surface area contributed by atoms with Crippen LogP contribution in [0.5, 0.6) is 0 Å². The summed E-state index contributed by atoms with van der Waals surface area (Å²) in [6.07, 6.45) is 1.43. The second-order valence-electron chi connectivity index (χ2n) is 4.68. The molecule has 0 amide bonds. The van der Waals surface area contributed by atoms with Crippen LogP contribution in [0.1, 0.15) is 18.9 Å². The van der Waals surface area contributed by atoms with E-state index in [1.54, 1.807) is 12.1 Å². The zero-order valence-corrected chi connectivity index (χ0v) is 10.5. The number of hydrogen-bond acceptors (Lipinski definition) is 4. The molecule has 98 valence electrons. The van der Waals surface area contributed by atoms with E-state index in [-0.39, 0.29) is 10.6 Å². The molecule has 1 N–H and O–H groups in total. The molecule has 5 heteroatoms. The number of non-ortho nitro benzene ring substituents is 1. The topological polar surface area (TPSA) is 64.4 Å². The van der Waals surface area contributed by atoms with Crippen LogP contribution in [-0.4, -0.2) is 24.2 Å². The number of nitro benzene ring substituents is 1. The molecule has 0 saturated carbocycles. The summed E-state index contributed by atoms with van der Waals surface area (Å²) in [6.45, 7) is 4.62. The molecule has 1 aliphatic heterocycles. The molecule has 5 nitrogen and oxygen atoms in total. The smallest absolute Gasteiger partial charge is 0.269 e. The molecule has 1 heterocycles. The molecule has 1 aromatic carbocycles. The quantitative estimate of drug-likeness (QED) is 0.642. The van der Waals surface area contributed by atoms with Crippen molar-refractivity contribution in [3.8, 4) is 0 Å². The number of nitrogens with one attached hydrogen (secondary N) is 1. The Labute approximate surface area is 106 Å². The van der Waals surface area contributed by atoms with E-state index >= 15 is 0 Å². The van der Waals surface area contributed by atoms with Crippen LogP contribution < -0.4 is 5.32 Å². The van der Waals surface area contributed by atoms with Crippen molar-refractivity contribution >= 4 is 5.69 Å². The van der Waals surface area contributed by atoms with E-state index < -0.39 is 0 Å². The van der Waals surface area contributed by atoms with Crippen molar-refractivity contribution in [3.63, 3.8) is 0 Å². The van der Waals surface area contributed by atoms with E-state index in [9.17, 15) is 10.1 Å². The monoisotopic (exact) mass is 250 g/mol. The van der Waals surface area contributed by atoms with Crippen LogP contribution in [0.15, 0.2) is 24.3 Å². The minimum atomic E-state index is -0.380. The number of nitrogens with zero attached hydrogens (tertiary/aromatic N) is 1. The van der Waals surface area contributed by atoms with Gasteiger partial charge in [0.2, 0.25) is 0 Å². The lowest BCUT2D eigenvalue weighted by Crippen LogP contribution is -2.26. The lowest BCUT2D eigenvalue weighted by atomic mass is 10.0. The summed E-state index contributed by atoms with van der Waals surface area (Å²) in [5.74, 6) is 0.572. The van der Waals surface area contributed by atoms with Gasteiger partial charge in [-0.2, -0.15) is 0 Å². The molecule has 2 rings (SSSR count). The maximum Gasteiger partial charge on any atom is 0.269 e. The predicted molar refractivity (Wildman–Crippen MR) is 68.3 cm³/mol. The van der Waals surface area contributed by atoms with Crippen LogP contribution in [0, 0.1) is 16.0 Å². The third kappa shape index (κ3) is 3.27. The van der Waals surface area contributed by atoms with Crippen LogP contribution in [-0.2, 0) is 11.3 Å². The van der Waals surface area contributed by atoms with Gasteiger partial charge in [-0.3, -0.25) is 10.1 Å².